The van der Waals surface area contributed by atoms with Crippen molar-refractivity contribution < 1.29 is 10.0 Å². The topological polar surface area (TPSA) is 49.7 Å². The number of halogens is 3. The second kappa shape index (κ2) is 4.91. The molecule has 6 heteroatoms. The molecule has 74 valence electrons. The Morgan fingerprint density at radius 2 is 2.00 bits per heavy atom. The van der Waals surface area contributed by atoms with Gasteiger partial charge in [-0.1, -0.05) is 22.8 Å². The number of hydrogen-bond acceptors (Lipinski definition) is 3. The third-order valence-electron chi connectivity index (χ3n) is 1.55. The highest BCUT2D eigenvalue weighted by Gasteiger charge is 2.25. The monoisotopic (exact) mass is 339 g/mol. The molecule has 0 aromatic rings. The van der Waals surface area contributed by atoms with Gasteiger partial charge in [0.05, 0.1) is 5.03 Å². The summed E-state index contributed by atoms with van der Waals surface area (Å²) in [5.41, 5.74) is 1.36. The molecule has 2 aliphatic rings. The molecule has 3 nitrogen and oxygen atoms in total. The van der Waals surface area contributed by atoms with E-state index in [2.05, 4.69) is 37.0 Å². The van der Waals surface area contributed by atoms with Gasteiger partial charge in [-0.15, -0.1) is 0 Å². The average Bonchev–Trinajstić information content (AvgIpc) is 2.61. The maximum absolute atomic E-state index is 10.9. The molecule has 2 rings (SSSR count). The van der Waals surface area contributed by atoms with E-state index in [1.165, 1.54) is 0 Å². The van der Waals surface area contributed by atoms with Crippen LogP contribution in [0.3, 0.4) is 0 Å². The van der Waals surface area contributed by atoms with Gasteiger partial charge in [-0.25, -0.2) is 0 Å². The van der Waals surface area contributed by atoms with Crippen molar-refractivity contribution in [2.45, 2.75) is 0 Å². The number of oxime groups is 1. The molecule has 0 radical (unpaired) electrons. The maximum Gasteiger partial charge on any atom is 0.194 e. The molecule has 0 amide bonds. The molecule has 2 bridgehead atoms. The molecular formula is C8H4Br2ClNO2. The normalized spacial score (nSPS) is 16.5. The number of fused-ring (bicyclic) bond motifs is 2. The van der Waals surface area contributed by atoms with Gasteiger partial charge in [-0.2, -0.15) is 0 Å². The highest BCUT2D eigenvalue weighted by atomic mass is 79.9. The van der Waals surface area contributed by atoms with Crippen molar-refractivity contribution >= 4 is 52.8 Å². The minimum absolute atomic E-state index is 0.0694. The van der Waals surface area contributed by atoms with Gasteiger partial charge in [-0.3, -0.25) is 4.79 Å². The van der Waals surface area contributed by atoms with E-state index >= 15 is 0 Å². The zero-order chi connectivity index (χ0) is 10.7. The number of hydrogen-bond donors (Lipinski definition) is 1. The summed E-state index contributed by atoms with van der Waals surface area (Å²) in [6.45, 7) is 0. The van der Waals surface area contributed by atoms with Crippen LogP contribution in [-0.4, -0.2) is 14.5 Å². The molecule has 0 aliphatic heterocycles. The summed E-state index contributed by atoms with van der Waals surface area (Å²) in [5, 5.41) is 10.9. The van der Waals surface area contributed by atoms with Crippen molar-refractivity contribution in [2.75, 3.05) is 0 Å². The summed E-state index contributed by atoms with van der Waals surface area (Å²) in [4.78, 5) is 10.9. The highest BCUT2D eigenvalue weighted by Crippen LogP contribution is 2.31. The Kier molecular flexibility index (Phi) is 4.10. The summed E-state index contributed by atoms with van der Waals surface area (Å²) in [6, 6.07) is 0. The fraction of sp³-hybridized carbons (Fsp3) is 0. The Labute approximate surface area is 102 Å². The summed E-state index contributed by atoms with van der Waals surface area (Å²) in [6.07, 6.45) is 5.22. The fourth-order valence-electron chi connectivity index (χ4n) is 0.996. The average molecular weight is 341 g/mol. The Morgan fingerprint density at radius 3 is 2.14 bits per heavy atom. The predicted molar refractivity (Wildman–Crippen MR) is 62.2 cm³/mol. The molecule has 2 aliphatic carbocycles. The first-order chi connectivity index (χ1) is 6.56. The smallest absolute Gasteiger partial charge is 0.194 e. The quantitative estimate of drug-likeness (QED) is 0.418. The zero-order valence-corrected chi connectivity index (χ0v) is 10.6. The zero-order valence-electron chi connectivity index (χ0n) is 6.67. The maximum atomic E-state index is 10.9. The van der Waals surface area contributed by atoms with Gasteiger partial charge in [0.15, 0.2) is 9.31 Å². The number of allylic oxidation sites excluding steroid dienone is 6. The molecule has 0 saturated heterocycles. The van der Waals surface area contributed by atoms with E-state index in [1.54, 1.807) is 18.2 Å². The largest absolute Gasteiger partial charge is 0.410 e. The van der Waals surface area contributed by atoms with E-state index < -0.39 is 0 Å². The number of rotatable bonds is 0. The van der Waals surface area contributed by atoms with Crippen LogP contribution in [-0.2, 0) is 4.79 Å². The molecule has 0 fully saturated rings. The second-order valence-corrected chi connectivity index (χ2v) is 5.34. The minimum atomic E-state index is 0.0694. The van der Waals surface area contributed by atoms with Gasteiger partial charge in [0.1, 0.15) is 0 Å². The lowest BCUT2D eigenvalue weighted by Crippen LogP contribution is -1.89. The number of nitrogens with zero attached hydrogens (tertiary/aromatic N) is 1. The lowest BCUT2D eigenvalue weighted by Gasteiger charge is -1.84. The Bertz CT molecular complexity index is 392. The second-order valence-electron chi connectivity index (χ2n) is 2.36. The lowest BCUT2D eigenvalue weighted by molar-refractivity contribution is -0.111. The van der Waals surface area contributed by atoms with E-state index in [-0.39, 0.29) is 5.78 Å². The molecule has 0 spiro atoms. The van der Waals surface area contributed by atoms with E-state index in [9.17, 15) is 4.79 Å². The molecule has 0 heterocycles. The molecule has 0 saturated carbocycles. The molecule has 0 atom stereocenters. The van der Waals surface area contributed by atoms with E-state index in [0.717, 1.165) is 5.57 Å². The first kappa shape index (κ1) is 11.7. The van der Waals surface area contributed by atoms with Crippen LogP contribution in [0, 0.1) is 0 Å². The van der Waals surface area contributed by atoms with E-state index in [0.29, 0.717) is 14.1 Å². The van der Waals surface area contributed by atoms with Crippen molar-refractivity contribution in [1.29, 1.82) is 0 Å². The van der Waals surface area contributed by atoms with Crippen molar-refractivity contribution in [3.63, 3.8) is 0 Å². The van der Waals surface area contributed by atoms with Gasteiger partial charge in [-0.05, 0) is 44.0 Å². The summed E-state index contributed by atoms with van der Waals surface area (Å²) < 4.78 is 0.310. The van der Waals surface area contributed by atoms with E-state index in [1.807, 2.05) is 0 Å². The number of carbonyl (C=O) groups excluding carboxylic acids is 1. The Balaban J connectivity index is 0.000000171. The number of ketones is 1. The third-order valence-corrected chi connectivity index (χ3v) is 2.18. The van der Waals surface area contributed by atoms with Crippen LogP contribution in [0.5, 0.6) is 0 Å². The predicted octanol–water partition coefficient (Wildman–Crippen LogP) is 3.08. The fourth-order valence-corrected chi connectivity index (χ4v) is 1.26. The summed E-state index contributed by atoms with van der Waals surface area (Å²) >= 11 is 11.2. The van der Waals surface area contributed by atoms with Crippen LogP contribution < -0.4 is 0 Å². The number of carbonyl (C=O) groups is 1. The van der Waals surface area contributed by atoms with E-state index in [4.69, 9.17) is 16.8 Å². The molecule has 1 N–H and O–H groups in total. The van der Waals surface area contributed by atoms with Gasteiger partial charge < -0.3 is 5.21 Å². The first-order valence-corrected chi connectivity index (χ1v) is 5.40. The molecule has 0 aromatic heterocycles. The third kappa shape index (κ3) is 2.56. The van der Waals surface area contributed by atoms with Crippen molar-refractivity contribution in [3.05, 3.63) is 34.4 Å². The summed E-state index contributed by atoms with van der Waals surface area (Å²) in [7, 11) is 0. The van der Waals surface area contributed by atoms with Crippen LogP contribution in [0.15, 0.2) is 39.6 Å². The highest BCUT2D eigenvalue weighted by molar-refractivity contribution is 9.39. The lowest BCUT2D eigenvalue weighted by atomic mass is 10.2. The molecule has 14 heavy (non-hydrogen) atoms. The van der Waals surface area contributed by atoms with Crippen molar-refractivity contribution in [3.8, 4) is 0 Å². The molecule has 0 unspecified atom stereocenters. The standard InChI is InChI=1S/C7H3ClO.CHBr2NO/c8-6-3-4-1-2-5(6)7(4)9;2-1(3)4-5/h1-3H;5H. The van der Waals surface area contributed by atoms with Crippen molar-refractivity contribution in [2.24, 2.45) is 5.16 Å². The molecular weight excluding hydrogens is 337 g/mol. The summed E-state index contributed by atoms with van der Waals surface area (Å²) in [5.74, 6) is 0.0694. The molecule has 0 aromatic carbocycles. The van der Waals surface area contributed by atoms with Crippen LogP contribution in [0.2, 0.25) is 0 Å². The Hall–Kier alpha value is -0.390. The van der Waals surface area contributed by atoms with Crippen molar-refractivity contribution in [1.82, 2.24) is 0 Å². The van der Waals surface area contributed by atoms with Gasteiger partial charge in [0, 0.05) is 11.1 Å². The minimum Gasteiger partial charge on any atom is -0.410 e. The first-order valence-electron chi connectivity index (χ1n) is 3.43. The van der Waals surface area contributed by atoms with Gasteiger partial charge in [0.2, 0.25) is 0 Å². The number of Topliss-reactive ketones (excluding diaryl/α,β-unsaturated/α-hetero) is 1. The Morgan fingerprint density at radius 1 is 1.43 bits per heavy atom. The van der Waals surface area contributed by atoms with Gasteiger partial charge in [0.25, 0.3) is 0 Å². The van der Waals surface area contributed by atoms with Crippen LogP contribution in [0.25, 0.3) is 0 Å². The van der Waals surface area contributed by atoms with Crippen LogP contribution in [0.1, 0.15) is 0 Å². The van der Waals surface area contributed by atoms with Crippen LogP contribution >= 0.6 is 43.5 Å². The van der Waals surface area contributed by atoms with Gasteiger partial charge >= 0.3 is 0 Å². The van der Waals surface area contributed by atoms with Crippen LogP contribution in [0.4, 0.5) is 0 Å². The SMILES string of the molecule is O=C1C2=CC(Cl)=C1C=C2.ON=C(Br)Br.